The van der Waals surface area contributed by atoms with E-state index in [1.54, 1.807) is 22.4 Å². The number of aromatic nitrogens is 8. The molecule has 2 aliphatic heterocycles. The van der Waals surface area contributed by atoms with E-state index < -0.39 is 72.8 Å². The summed E-state index contributed by atoms with van der Waals surface area (Å²) in [5.41, 5.74) is 3.56. The molecule has 2 aromatic carbocycles. The molecule has 0 spiro atoms. The van der Waals surface area contributed by atoms with Crippen molar-refractivity contribution >= 4 is 63.5 Å². The van der Waals surface area contributed by atoms with Crippen molar-refractivity contribution in [1.82, 2.24) is 49.7 Å². The van der Waals surface area contributed by atoms with Gasteiger partial charge >= 0.3 is 6.03 Å². The largest absolute Gasteiger partial charge is 0.394 e. The van der Waals surface area contributed by atoms with Crippen LogP contribution in [0.25, 0.3) is 22.3 Å². The average molecular weight is 1080 g/mol. The molecule has 2 saturated heterocycles. The van der Waals surface area contributed by atoms with Gasteiger partial charge in [-0.2, -0.15) is 19.9 Å². The number of anilines is 4. The molecular formula is C54H70N14O10. The maximum Gasteiger partial charge on any atom is 0.315 e. The number of fused-ring (bicyclic) bond motifs is 2. The van der Waals surface area contributed by atoms with Crippen LogP contribution < -0.4 is 31.1 Å². The number of amides is 2. The first-order valence-corrected chi connectivity index (χ1v) is 27.1. The molecule has 4 fully saturated rings. The van der Waals surface area contributed by atoms with Crippen molar-refractivity contribution in [3.63, 3.8) is 0 Å². The van der Waals surface area contributed by atoms with Gasteiger partial charge in [-0.3, -0.25) is 9.59 Å². The number of nitrogens with one attached hydrogen (secondary N) is 4. The van der Waals surface area contributed by atoms with Crippen LogP contribution in [0.2, 0.25) is 0 Å². The Morgan fingerprint density at radius 1 is 0.603 bits per heavy atom. The molecule has 4 aliphatic rings. The summed E-state index contributed by atoms with van der Waals surface area (Å²) >= 11 is 0. The summed E-state index contributed by atoms with van der Waals surface area (Å²) in [4.78, 5) is 71.5. The topological polar surface area (TPSA) is 335 Å². The number of hydrogen-bond donors (Lipinski definition) is 11. The minimum absolute atomic E-state index is 0.00319. The number of urea groups is 1. The number of carbonyl (C=O) groups is 3. The van der Waals surface area contributed by atoms with Gasteiger partial charge in [0, 0.05) is 57.5 Å². The van der Waals surface area contributed by atoms with Crippen LogP contribution in [0.5, 0.6) is 0 Å². The highest BCUT2D eigenvalue weighted by Crippen LogP contribution is 2.41. The lowest BCUT2D eigenvalue weighted by molar-refractivity contribution is -0.123. The Hall–Kier alpha value is -6.93. The van der Waals surface area contributed by atoms with Crippen LogP contribution in [-0.4, -0.2) is 187 Å². The lowest BCUT2D eigenvalue weighted by Gasteiger charge is -2.23. The number of aliphatic hydroxyl groups is 7. The zero-order chi connectivity index (χ0) is 54.6. The Balaban J connectivity index is 0.844. The van der Waals surface area contributed by atoms with Crippen molar-refractivity contribution in [3.05, 3.63) is 84.4 Å². The van der Waals surface area contributed by atoms with E-state index >= 15 is 0 Å². The Labute approximate surface area is 450 Å². The van der Waals surface area contributed by atoms with Crippen molar-refractivity contribution in [2.45, 2.75) is 125 Å². The number of nitrogens with zero attached hydrogens (tertiary/aromatic N) is 10. The molecule has 6 aromatic rings. The fraction of sp³-hybridized carbons (Fsp3) is 0.537. The second-order valence-corrected chi connectivity index (χ2v) is 21.4. The first-order chi connectivity index (χ1) is 37.8. The molecule has 416 valence electrons. The molecule has 11 N–H and O–H groups in total. The summed E-state index contributed by atoms with van der Waals surface area (Å²) in [6.45, 7) is 2.38. The summed E-state index contributed by atoms with van der Waals surface area (Å²) in [5.74, 6) is -0.0776. The normalized spacial score (nSPS) is 25.9. The monoisotopic (exact) mass is 1070 g/mol. The van der Waals surface area contributed by atoms with Crippen LogP contribution in [0.1, 0.15) is 75.1 Å². The van der Waals surface area contributed by atoms with Crippen LogP contribution in [0.15, 0.2) is 73.3 Å². The van der Waals surface area contributed by atoms with Gasteiger partial charge in [-0.1, -0.05) is 67.6 Å². The molecule has 0 unspecified atom stereocenters. The number of aliphatic hydroxyl groups excluding tert-OH is 7. The van der Waals surface area contributed by atoms with E-state index in [2.05, 4.69) is 31.2 Å². The van der Waals surface area contributed by atoms with Crippen molar-refractivity contribution in [2.24, 2.45) is 11.8 Å². The van der Waals surface area contributed by atoms with Gasteiger partial charge in [0.25, 0.3) is 0 Å². The summed E-state index contributed by atoms with van der Waals surface area (Å²) in [5, 5.41) is 88.2. The van der Waals surface area contributed by atoms with Crippen LogP contribution in [0.3, 0.4) is 0 Å². The lowest BCUT2D eigenvalue weighted by Crippen LogP contribution is -2.48. The van der Waals surface area contributed by atoms with Crippen LogP contribution >= 0.6 is 0 Å². The Morgan fingerprint density at radius 2 is 1.04 bits per heavy atom. The zero-order valence-electron chi connectivity index (χ0n) is 43.5. The Kier molecular flexibility index (Phi) is 16.7. The van der Waals surface area contributed by atoms with E-state index in [0.29, 0.717) is 111 Å². The second kappa shape index (κ2) is 24.0. The third-order valence-corrected chi connectivity index (χ3v) is 16.0. The predicted molar refractivity (Wildman–Crippen MR) is 288 cm³/mol. The number of ketones is 2. The second-order valence-electron chi connectivity index (χ2n) is 21.4. The van der Waals surface area contributed by atoms with Gasteiger partial charge in [0.1, 0.15) is 24.6 Å². The molecule has 24 heteroatoms. The van der Waals surface area contributed by atoms with Gasteiger partial charge in [0.05, 0.1) is 62.2 Å². The lowest BCUT2D eigenvalue weighted by atomic mass is 9.97. The Bertz CT molecular complexity index is 2840. The number of rotatable bonds is 22. The zero-order valence-corrected chi connectivity index (χ0v) is 43.5. The van der Waals surface area contributed by atoms with Gasteiger partial charge in [0.15, 0.2) is 39.7 Å². The van der Waals surface area contributed by atoms with Gasteiger partial charge in [-0.15, -0.1) is 0 Å². The van der Waals surface area contributed by atoms with Crippen molar-refractivity contribution in [2.75, 3.05) is 66.4 Å². The highest BCUT2D eigenvalue weighted by molar-refractivity contribution is 5.86. The molecule has 2 aliphatic carbocycles. The van der Waals surface area contributed by atoms with E-state index in [1.807, 2.05) is 70.5 Å². The highest BCUT2D eigenvalue weighted by Gasteiger charge is 2.45. The number of carbonyl (C=O) groups excluding carboxylic acids is 3. The van der Waals surface area contributed by atoms with E-state index in [9.17, 15) is 50.1 Å². The smallest absolute Gasteiger partial charge is 0.315 e. The third kappa shape index (κ3) is 11.7. The maximum absolute atomic E-state index is 13.8. The number of Topliss-reactive ketones (excluding diaryl/α,β-unsaturated/α-hetero) is 2. The predicted octanol–water partition coefficient (Wildman–Crippen LogP) is 1.04. The standard InChI is InChI=1S/C54H70N14O10/c1-2-38(72)19-32-21-40(46(76)44(32)74)67-28-55-42-48(57-36(25-69)17-30-9-5-3-6-10-30)61-52(63-50(42)67)65-15-13-34(23-65)59-54(78)60-35-14-16-66(24-35)53-62-49(58-37(26-70)18-31-11-7-4-8-12-31)43-51(64-53)68(29-56-43)41-22-33(20-39(73)27-71)45(75)47(41)77/h3-12,28-29,32-37,40-41,44-47,69-71,74-77H,2,13-27H2,1H3,(H,57,61,63)(H,58,62,64)(H2,59,60,78)/t32-,33-,34+,35+,36-,37-,40+,41+,44+,45+,46-,47-/m0/s1. The summed E-state index contributed by atoms with van der Waals surface area (Å²) in [7, 11) is 0. The van der Waals surface area contributed by atoms with Gasteiger partial charge in [0.2, 0.25) is 11.9 Å². The fourth-order valence-electron chi connectivity index (χ4n) is 11.8. The van der Waals surface area contributed by atoms with Crippen LogP contribution in [0.4, 0.5) is 28.3 Å². The molecule has 2 saturated carbocycles. The van der Waals surface area contributed by atoms with E-state index in [4.69, 9.17) is 19.9 Å². The number of hydrogen-bond acceptors (Lipinski definition) is 20. The fourth-order valence-corrected chi connectivity index (χ4v) is 11.8. The summed E-state index contributed by atoms with van der Waals surface area (Å²) in [6, 6.07) is 16.3. The number of benzene rings is 2. The minimum Gasteiger partial charge on any atom is -0.394 e. The molecule has 12 atom stereocenters. The highest BCUT2D eigenvalue weighted by atomic mass is 16.3. The van der Waals surface area contributed by atoms with Crippen LogP contribution in [-0.2, 0) is 22.4 Å². The minimum atomic E-state index is -1.25. The third-order valence-electron chi connectivity index (χ3n) is 16.0. The van der Waals surface area contributed by atoms with Crippen LogP contribution in [0, 0.1) is 11.8 Å². The van der Waals surface area contributed by atoms with Gasteiger partial charge in [-0.05, 0) is 61.5 Å². The van der Waals surface area contributed by atoms with E-state index in [1.165, 1.54) is 6.33 Å². The quantitative estimate of drug-likeness (QED) is 0.0452. The molecule has 6 heterocycles. The maximum atomic E-state index is 13.8. The molecule has 0 radical (unpaired) electrons. The van der Waals surface area contributed by atoms with Gasteiger partial charge < -0.3 is 75.9 Å². The first-order valence-electron chi connectivity index (χ1n) is 27.1. The Morgan fingerprint density at radius 3 is 1.45 bits per heavy atom. The molecule has 24 nitrogen and oxygen atoms in total. The first kappa shape index (κ1) is 54.4. The van der Waals surface area contributed by atoms with Crippen molar-refractivity contribution in [3.8, 4) is 0 Å². The van der Waals surface area contributed by atoms with Crippen molar-refractivity contribution < 1.29 is 50.1 Å². The summed E-state index contributed by atoms with van der Waals surface area (Å²) in [6.07, 6.45) is 1.38. The van der Waals surface area contributed by atoms with Crippen molar-refractivity contribution in [1.29, 1.82) is 0 Å². The SMILES string of the molecule is CCC(=O)C[C@H]1C[C@@H](n2cnc3c(N[C@H](CO)Cc4ccccc4)nc(N4CC[C@@H](NC(=O)N[C@@H]5CCN(c6nc(N[C@H](CO)Cc7ccccc7)c7ncn([C@@H]8C[C@H](CC(=O)CO)[C@@H](O)[C@H]8O)c7n6)C5)C4)nc32)[C@H](O)[C@@H]1O. The van der Waals surface area contributed by atoms with E-state index in [-0.39, 0.29) is 56.4 Å². The molecule has 0 bridgehead atoms. The molecule has 4 aromatic heterocycles. The summed E-state index contributed by atoms with van der Waals surface area (Å²) < 4.78 is 3.42. The van der Waals surface area contributed by atoms with Gasteiger partial charge in [-0.25, -0.2) is 14.8 Å². The molecular weight excluding hydrogens is 1000 g/mol. The molecule has 2 amide bonds. The number of imidazole rings is 2. The average Bonchev–Trinajstić information content (AvgIpc) is 4.54. The molecule has 78 heavy (non-hydrogen) atoms. The molecule has 10 rings (SSSR count). The van der Waals surface area contributed by atoms with E-state index in [0.717, 1.165) is 11.1 Å².